The summed E-state index contributed by atoms with van der Waals surface area (Å²) in [5.41, 5.74) is 0.577. The minimum Gasteiger partial charge on any atom is -0.490 e. The van der Waals surface area contributed by atoms with E-state index in [4.69, 9.17) is 9.15 Å². The summed E-state index contributed by atoms with van der Waals surface area (Å²) in [4.78, 5) is 23.6. The van der Waals surface area contributed by atoms with E-state index in [-0.39, 0.29) is 17.6 Å². The average molecular weight is 273 g/mol. The highest BCUT2D eigenvalue weighted by Gasteiger charge is 2.15. The van der Waals surface area contributed by atoms with Gasteiger partial charge in [0.2, 0.25) is 11.2 Å². The average Bonchev–Trinajstić information content (AvgIpc) is 2.48. The largest absolute Gasteiger partial charge is 0.490 e. The molecule has 0 saturated carbocycles. The van der Waals surface area contributed by atoms with Crippen molar-refractivity contribution < 1.29 is 13.9 Å². The predicted octanol–water partition coefficient (Wildman–Crippen LogP) is 2.14. The van der Waals surface area contributed by atoms with E-state index in [1.54, 1.807) is 0 Å². The Balaban J connectivity index is 2.12. The lowest BCUT2D eigenvalue weighted by atomic mass is 10.1. The van der Waals surface area contributed by atoms with Crippen LogP contribution in [0.3, 0.4) is 0 Å². The fourth-order valence-electron chi connectivity index (χ4n) is 1.76. The highest BCUT2D eigenvalue weighted by atomic mass is 16.5. The molecule has 2 aromatic rings. The molecule has 1 heterocycles. The number of ether oxygens (including phenoxy) is 1. The first-order chi connectivity index (χ1) is 9.61. The van der Waals surface area contributed by atoms with Gasteiger partial charge in [-0.1, -0.05) is 30.3 Å². The number of hydrogen-bond acceptors (Lipinski definition) is 4. The summed E-state index contributed by atoms with van der Waals surface area (Å²) in [6.45, 7) is 1.86. The standard InChI is InChI=1S/C15H15NO4/c1-10(11-6-4-3-5-7-11)16-15(18)13-8-12(17)14(19-2)9-20-13/h3-10H,1-2H3,(H,16,18). The molecule has 2 rings (SSSR count). The van der Waals surface area contributed by atoms with Crippen molar-refractivity contribution in [2.45, 2.75) is 13.0 Å². The van der Waals surface area contributed by atoms with Crippen LogP contribution in [0.5, 0.6) is 5.75 Å². The minimum atomic E-state index is -0.443. The molecule has 1 amide bonds. The molecule has 0 aliphatic rings. The molecule has 1 aromatic heterocycles. The molecule has 1 unspecified atom stereocenters. The molecule has 5 nitrogen and oxygen atoms in total. The highest BCUT2D eigenvalue weighted by molar-refractivity contribution is 5.91. The molecule has 5 heteroatoms. The summed E-state index contributed by atoms with van der Waals surface area (Å²) in [7, 11) is 1.36. The van der Waals surface area contributed by atoms with Crippen LogP contribution in [0.4, 0.5) is 0 Å². The molecule has 0 aliphatic carbocycles. The Morgan fingerprint density at radius 3 is 2.60 bits per heavy atom. The van der Waals surface area contributed by atoms with Crippen molar-refractivity contribution >= 4 is 5.91 Å². The molecule has 1 aromatic carbocycles. The van der Waals surface area contributed by atoms with E-state index in [0.29, 0.717) is 0 Å². The van der Waals surface area contributed by atoms with Crippen molar-refractivity contribution in [2.75, 3.05) is 7.11 Å². The lowest BCUT2D eigenvalue weighted by Crippen LogP contribution is -2.27. The van der Waals surface area contributed by atoms with Gasteiger partial charge < -0.3 is 14.5 Å². The van der Waals surface area contributed by atoms with Crippen molar-refractivity contribution in [3.05, 3.63) is 64.2 Å². The van der Waals surface area contributed by atoms with Crippen LogP contribution in [-0.4, -0.2) is 13.0 Å². The van der Waals surface area contributed by atoms with E-state index < -0.39 is 11.3 Å². The van der Waals surface area contributed by atoms with Gasteiger partial charge in [0.1, 0.15) is 6.26 Å². The molecular formula is C15H15NO4. The zero-order chi connectivity index (χ0) is 14.5. The van der Waals surface area contributed by atoms with Crippen molar-refractivity contribution in [3.8, 4) is 5.75 Å². The smallest absolute Gasteiger partial charge is 0.287 e. The van der Waals surface area contributed by atoms with E-state index in [1.807, 2.05) is 37.3 Å². The van der Waals surface area contributed by atoms with Crippen LogP contribution in [0.2, 0.25) is 0 Å². The quantitative estimate of drug-likeness (QED) is 0.926. The monoisotopic (exact) mass is 273 g/mol. The van der Waals surface area contributed by atoms with Gasteiger partial charge in [-0.2, -0.15) is 0 Å². The topological polar surface area (TPSA) is 68.5 Å². The number of amides is 1. The second-order valence-electron chi connectivity index (χ2n) is 4.28. The third-order valence-corrected chi connectivity index (χ3v) is 2.89. The van der Waals surface area contributed by atoms with Crippen LogP contribution in [0.1, 0.15) is 29.1 Å². The molecule has 0 fully saturated rings. The summed E-state index contributed by atoms with van der Waals surface area (Å²) < 4.78 is 9.88. The predicted molar refractivity (Wildman–Crippen MR) is 73.9 cm³/mol. The lowest BCUT2D eigenvalue weighted by molar-refractivity contribution is 0.0908. The van der Waals surface area contributed by atoms with Gasteiger partial charge in [-0.05, 0) is 12.5 Å². The van der Waals surface area contributed by atoms with E-state index in [1.165, 1.54) is 7.11 Å². The van der Waals surface area contributed by atoms with Crippen LogP contribution < -0.4 is 15.5 Å². The summed E-state index contributed by atoms with van der Waals surface area (Å²) in [5, 5.41) is 2.76. The first-order valence-electron chi connectivity index (χ1n) is 6.14. The van der Waals surface area contributed by atoms with E-state index >= 15 is 0 Å². The maximum absolute atomic E-state index is 12.0. The van der Waals surface area contributed by atoms with E-state index in [2.05, 4.69) is 5.32 Å². The van der Waals surface area contributed by atoms with E-state index in [9.17, 15) is 9.59 Å². The molecule has 1 atom stereocenters. The van der Waals surface area contributed by atoms with Crippen LogP contribution in [0, 0.1) is 0 Å². The molecule has 1 N–H and O–H groups in total. The number of carbonyl (C=O) groups excluding carboxylic acids is 1. The van der Waals surface area contributed by atoms with Crippen molar-refractivity contribution in [1.82, 2.24) is 5.32 Å². The summed E-state index contributed by atoms with van der Waals surface area (Å²) in [5.74, 6) is -0.419. The maximum atomic E-state index is 12.0. The Kier molecular flexibility index (Phi) is 4.20. The number of carbonyl (C=O) groups is 1. The molecule has 0 radical (unpaired) electrons. The SMILES string of the molecule is COc1coc(C(=O)NC(C)c2ccccc2)cc1=O. The van der Waals surface area contributed by atoms with Gasteiger partial charge >= 0.3 is 0 Å². The van der Waals surface area contributed by atoms with Gasteiger partial charge in [-0.25, -0.2) is 0 Å². The number of hydrogen-bond donors (Lipinski definition) is 1. The summed E-state index contributed by atoms with van der Waals surface area (Å²) in [6.07, 6.45) is 1.13. The Morgan fingerprint density at radius 2 is 2.00 bits per heavy atom. The molecule has 20 heavy (non-hydrogen) atoms. The Bertz CT molecular complexity index is 648. The molecule has 0 bridgehead atoms. The second kappa shape index (κ2) is 6.06. The Morgan fingerprint density at radius 1 is 1.30 bits per heavy atom. The zero-order valence-electron chi connectivity index (χ0n) is 11.3. The Hall–Kier alpha value is -2.56. The fraction of sp³-hybridized carbons (Fsp3) is 0.200. The van der Waals surface area contributed by atoms with E-state index in [0.717, 1.165) is 17.9 Å². The van der Waals surface area contributed by atoms with Gasteiger partial charge in [0, 0.05) is 6.07 Å². The zero-order valence-corrected chi connectivity index (χ0v) is 11.3. The first kappa shape index (κ1) is 13.9. The third-order valence-electron chi connectivity index (χ3n) is 2.89. The van der Waals surface area contributed by atoms with Crippen molar-refractivity contribution in [2.24, 2.45) is 0 Å². The van der Waals surface area contributed by atoms with Gasteiger partial charge in [0.15, 0.2) is 5.76 Å². The molecule has 0 spiro atoms. The summed E-state index contributed by atoms with van der Waals surface area (Å²) >= 11 is 0. The first-order valence-corrected chi connectivity index (χ1v) is 6.14. The Labute approximate surface area is 116 Å². The molecular weight excluding hydrogens is 258 g/mol. The molecule has 0 aliphatic heterocycles. The van der Waals surface area contributed by atoms with Gasteiger partial charge in [-0.3, -0.25) is 9.59 Å². The van der Waals surface area contributed by atoms with Crippen LogP contribution >= 0.6 is 0 Å². The maximum Gasteiger partial charge on any atom is 0.287 e. The normalized spacial score (nSPS) is 11.7. The van der Waals surface area contributed by atoms with Crippen LogP contribution in [-0.2, 0) is 0 Å². The van der Waals surface area contributed by atoms with Gasteiger partial charge in [-0.15, -0.1) is 0 Å². The molecule has 0 saturated heterocycles. The highest BCUT2D eigenvalue weighted by Crippen LogP contribution is 2.12. The number of methoxy groups -OCH3 is 1. The lowest BCUT2D eigenvalue weighted by Gasteiger charge is -2.13. The van der Waals surface area contributed by atoms with Crippen LogP contribution in [0.15, 0.2) is 51.9 Å². The minimum absolute atomic E-state index is 0.0430. The van der Waals surface area contributed by atoms with Gasteiger partial charge in [0.25, 0.3) is 5.91 Å². The molecule has 104 valence electrons. The third kappa shape index (κ3) is 3.06. The number of nitrogens with one attached hydrogen (secondary N) is 1. The second-order valence-corrected chi connectivity index (χ2v) is 4.28. The van der Waals surface area contributed by atoms with Crippen LogP contribution in [0.25, 0.3) is 0 Å². The van der Waals surface area contributed by atoms with Crippen molar-refractivity contribution in [1.29, 1.82) is 0 Å². The van der Waals surface area contributed by atoms with Gasteiger partial charge in [0.05, 0.1) is 13.2 Å². The number of rotatable bonds is 4. The fourth-order valence-corrected chi connectivity index (χ4v) is 1.76. The van der Waals surface area contributed by atoms with Crippen molar-refractivity contribution in [3.63, 3.8) is 0 Å². The summed E-state index contributed by atoms with van der Waals surface area (Å²) in [6, 6.07) is 10.4. The number of benzene rings is 1.